The van der Waals surface area contributed by atoms with E-state index < -0.39 is 0 Å². The highest BCUT2D eigenvalue weighted by Gasteiger charge is 1.96. The zero-order valence-electron chi connectivity index (χ0n) is 12.1. The van der Waals surface area contributed by atoms with Crippen LogP contribution < -0.4 is 10.1 Å². The summed E-state index contributed by atoms with van der Waals surface area (Å²) in [6.45, 7) is 9.23. The lowest BCUT2D eigenvalue weighted by Gasteiger charge is -2.09. The third-order valence-corrected chi connectivity index (χ3v) is 2.95. The molecule has 1 aromatic carbocycles. The first-order chi connectivity index (χ1) is 8.72. The molecular weight excluding hydrogens is 222 g/mol. The Kier molecular flexibility index (Phi) is 7.51. The number of hydrogen-bond donors (Lipinski definition) is 1. The topological polar surface area (TPSA) is 21.3 Å². The van der Waals surface area contributed by atoms with Crippen molar-refractivity contribution in [3.05, 3.63) is 29.3 Å². The smallest absolute Gasteiger partial charge is 0.119 e. The van der Waals surface area contributed by atoms with E-state index in [0.717, 1.165) is 25.4 Å². The summed E-state index contributed by atoms with van der Waals surface area (Å²) in [5.41, 5.74) is 2.52. The molecular formula is C16H27NO. The average Bonchev–Trinajstić information content (AvgIpc) is 2.31. The fourth-order valence-electron chi connectivity index (χ4n) is 2.06. The number of aryl methyl sites for hydroxylation is 2. The Hall–Kier alpha value is -1.02. The summed E-state index contributed by atoms with van der Waals surface area (Å²) < 4.78 is 5.73. The van der Waals surface area contributed by atoms with Crippen LogP contribution in [0.3, 0.4) is 0 Å². The van der Waals surface area contributed by atoms with Crippen LogP contribution in [0, 0.1) is 13.8 Å². The largest absolute Gasteiger partial charge is 0.492 e. The van der Waals surface area contributed by atoms with Gasteiger partial charge < -0.3 is 10.1 Å². The predicted octanol–water partition coefficient (Wildman–Crippen LogP) is 3.85. The van der Waals surface area contributed by atoms with E-state index in [9.17, 15) is 0 Å². The van der Waals surface area contributed by atoms with Gasteiger partial charge in [0.05, 0.1) is 0 Å². The molecule has 1 N–H and O–H groups in total. The zero-order valence-corrected chi connectivity index (χ0v) is 12.1. The Morgan fingerprint density at radius 1 is 0.944 bits per heavy atom. The quantitative estimate of drug-likeness (QED) is 0.671. The fourth-order valence-corrected chi connectivity index (χ4v) is 2.06. The van der Waals surface area contributed by atoms with Gasteiger partial charge in [0.1, 0.15) is 12.4 Å². The number of ether oxygens (including phenoxy) is 1. The van der Waals surface area contributed by atoms with Gasteiger partial charge in [0.25, 0.3) is 0 Å². The first kappa shape index (κ1) is 15.0. The van der Waals surface area contributed by atoms with Crippen molar-refractivity contribution in [2.45, 2.75) is 46.5 Å². The molecule has 1 rings (SSSR count). The van der Waals surface area contributed by atoms with Crippen LogP contribution in [0.2, 0.25) is 0 Å². The van der Waals surface area contributed by atoms with Gasteiger partial charge in [0.15, 0.2) is 0 Å². The van der Waals surface area contributed by atoms with Crippen molar-refractivity contribution in [1.82, 2.24) is 5.32 Å². The molecule has 2 heteroatoms. The van der Waals surface area contributed by atoms with Gasteiger partial charge in [-0.25, -0.2) is 0 Å². The third kappa shape index (κ3) is 6.65. The number of benzene rings is 1. The van der Waals surface area contributed by atoms with Crippen LogP contribution in [0.5, 0.6) is 5.75 Å². The molecule has 0 saturated heterocycles. The highest BCUT2D eigenvalue weighted by atomic mass is 16.5. The molecule has 0 atom stereocenters. The summed E-state index contributed by atoms with van der Waals surface area (Å²) in [6.07, 6.45) is 5.26. The first-order valence-electron chi connectivity index (χ1n) is 7.14. The van der Waals surface area contributed by atoms with Crippen molar-refractivity contribution < 1.29 is 4.74 Å². The molecule has 0 aromatic heterocycles. The summed E-state index contributed by atoms with van der Waals surface area (Å²) in [5, 5.41) is 3.42. The minimum atomic E-state index is 0.747. The van der Waals surface area contributed by atoms with Gasteiger partial charge in [-0.2, -0.15) is 0 Å². The van der Waals surface area contributed by atoms with Gasteiger partial charge in [0.2, 0.25) is 0 Å². The van der Waals surface area contributed by atoms with Crippen LogP contribution in [0.1, 0.15) is 43.7 Å². The lowest BCUT2D eigenvalue weighted by molar-refractivity contribution is 0.313. The van der Waals surface area contributed by atoms with Crippen LogP contribution in [-0.2, 0) is 0 Å². The summed E-state index contributed by atoms with van der Waals surface area (Å²) in [4.78, 5) is 0. The Balaban J connectivity index is 2.07. The molecule has 2 nitrogen and oxygen atoms in total. The molecule has 0 spiro atoms. The van der Waals surface area contributed by atoms with E-state index in [2.05, 4.69) is 44.3 Å². The minimum Gasteiger partial charge on any atom is -0.492 e. The van der Waals surface area contributed by atoms with Crippen molar-refractivity contribution >= 4 is 0 Å². The average molecular weight is 249 g/mol. The molecule has 1 aromatic rings. The second kappa shape index (κ2) is 8.98. The van der Waals surface area contributed by atoms with Crippen molar-refractivity contribution in [3.63, 3.8) is 0 Å². The van der Waals surface area contributed by atoms with Crippen LogP contribution in [-0.4, -0.2) is 19.7 Å². The summed E-state index contributed by atoms with van der Waals surface area (Å²) in [7, 11) is 0. The first-order valence-corrected chi connectivity index (χ1v) is 7.14. The third-order valence-electron chi connectivity index (χ3n) is 2.95. The highest BCUT2D eigenvalue weighted by Crippen LogP contribution is 2.15. The van der Waals surface area contributed by atoms with Gasteiger partial charge in [-0.05, 0) is 50.1 Å². The number of unbranched alkanes of at least 4 members (excludes halogenated alkanes) is 3. The zero-order chi connectivity index (χ0) is 13.2. The molecule has 0 radical (unpaired) electrons. The van der Waals surface area contributed by atoms with Crippen LogP contribution in [0.4, 0.5) is 0 Å². The molecule has 0 bridgehead atoms. The van der Waals surface area contributed by atoms with Gasteiger partial charge >= 0.3 is 0 Å². The van der Waals surface area contributed by atoms with Crippen LogP contribution in [0.15, 0.2) is 18.2 Å². The second-order valence-corrected chi connectivity index (χ2v) is 4.98. The van der Waals surface area contributed by atoms with Crippen LogP contribution in [0.25, 0.3) is 0 Å². The Bertz CT molecular complexity index is 316. The molecule has 0 fully saturated rings. The van der Waals surface area contributed by atoms with Gasteiger partial charge in [0, 0.05) is 6.54 Å². The van der Waals surface area contributed by atoms with Gasteiger partial charge in [-0.1, -0.05) is 32.3 Å². The molecule has 0 unspecified atom stereocenters. The van der Waals surface area contributed by atoms with E-state index in [0.29, 0.717) is 0 Å². The van der Waals surface area contributed by atoms with Crippen molar-refractivity contribution in [2.75, 3.05) is 19.7 Å². The van der Waals surface area contributed by atoms with Gasteiger partial charge in [-0.3, -0.25) is 0 Å². The summed E-state index contributed by atoms with van der Waals surface area (Å²) in [5.74, 6) is 0.986. The number of hydrogen-bond acceptors (Lipinski definition) is 2. The van der Waals surface area contributed by atoms with E-state index in [1.165, 1.54) is 36.8 Å². The van der Waals surface area contributed by atoms with Crippen molar-refractivity contribution in [3.8, 4) is 5.75 Å². The summed E-state index contributed by atoms with van der Waals surface area (Å²) in [6, 6.07) is 6.35. The maximum absolute atomic E-state index is 5.73. The molecule has 0 aliphatic heterocycles. The maximum atomic E-state index is 5.73. The lowest BCUT2D eigenvalue weighted by Crippen LogP contribution is -2.22. The van der Waals surface area contributed by atoms with Gasteiger partial charge in [-0.15, -0.1) is 0 Å². The van der Waals surface area contributed by atoms with E-state index in [-0.39, 0.29) is 0 Å². The molecule has 0 saturated carbocycles. The molecule has 0 aliphatic carbocycles. The van der Waals surface area contributed by atoms with E-state index in [1.54, 1.807) is 0 Å². The van der Waals surface area contributed by atoms with Crippen molar-refractivity contribution in [2.24, 2.45) is 0 Å². The van der Waals surface area contributed by atoms with E-state index >= 15 is 0 Å². The molecule has 18 heavy (non-hydrogen) atoms. The van der Waals surface area contributed by atoms with E-state index in [4.69, 9.17) is 4.74 Å². The number of rotatable bonds is 9. The fraction of sp³-hybridized carbons (Fsp3) is 0.625. The number of nitrogens with one attached hydrogen (secondary N) is 1. The predicted molar refractivity (Wildman–Crippen MR) is 78.4 cm³/mol. The molecule has 102 valence electrons. The normalized spacial score (nSPS) is 10.6. The SMILES string of the molecule is CCCCCCNCCOc1cc(C)cc(C)c1. The van der Waals surface area contributed by atoms with Crippen molar-refractivity contribution in [1.29, 1.82) is 0 Å². The molecule has 0 aliphatic rings. The Morgan fingerprint density at radius 2 is 1.67 bits per heavy atom. The standard InChI is InChI=1S/C16H27NO/c1-4-5-6-7-8-17-9-10-18-16-12-14(2)11-15(3)13-16/h11-13,17H,4-10H2,1-3H3. The summed E-state index contributed by atoms with van der Waals surface area (Å²) >= 11 is 0. The second-order valence-electron chi connectivity index (χ2n) is 4.98. The minimum absolute atomic E-state index is 0.747. The Labute approximate surface area is 112 Å². The molecule has 0 amide bonds. The highest BCUT2D eigenvalue weighted by molar-refractivity contribution is 5.32. The van der Waals surface area contributed by atoms with Crippen LogP contribution >= 0.6 is 0 Å². The Morgan fingerprint density at radius 3 is 2.33 bits per heavy atom. The lowest BCUT2D eigenvalue weighted by atomic mass is 10.1. The maximum Gasteiger partial charge on any atom is 0.119 e. The monoisotopic (exact) mass is 249 g/mol. The molecule has 0 heterocycles. The van der Waals surface area contributed by atoms with E-state index in [1.807, 2.05) is 0 Å².